The lowest BCUT2D eigenvalue weighted by molar-refractivity contribution is 0.0137. The average molecular weight is 503 g/mol. The van der Waals surface area contributed by atoms with E-state index in [-0.39, 0.29) is 28.5 Å². The number of rotatable bonds is 13. The average Bonchev–Trinajstić information content (AvgIpc) is 2.76. The lowest BCUT2D eigenvalue weighted by atomic mass is 9.74. The van der Waals surface area contributed by atoms with Crippen molar-refractivity contribution in [2.45, 2.75) is 125 Å². The van der Waals surface area contributed by atoms with Crippen molar-refractivity contribution in [2.24, 2.45) is 16.2 Å². The van der Waals surface area contributed by atoms with E-state index in [4.69, 9.17) is 4.74 Å². The summed E-state index contributed by atoms with van der Waals surface area (Å²) in [6, 6.07) is 0. The highest BCUT2D eigenvalue weighted by Gasteiger charge is 2.31. The number of allylic oxidation sites excluding steroid dienone is 4. The zero-order valence-corrected chi connectivity index (χ0v) is 24.6. The Hall–Kier alpha value is -1.20. The zero-order chi connectivity index (χ0) is 27.4. The van der Waals surface area contributed by atoms with E-state index in [1.54, 1.807) is 7.11 Å². The highest BCUT2D eigenvalue weighted by atomic mass is 16.5. The number of methoxy groups -OCH3 is 1. The molecule has 0 amide bonds. The summed E-state index contributed by atoms with van der Waals surface area (Å²) >= 11 is 0. The third-order valence-electron chi connectivity index (χ3n) is 7.88. The predicted octanol–water partition coefficient (Wildman–Crippen LogP) is 7.06. The van der Waals surface area contributed by atoms with E-state index in [0.29, 0.717) is 0 Å². The fraction of sp³-hybridized carbons (Fsp3) is 0.750. The summed E-state index contributed by atoms with van der Waals surface area (Å²) in [5.74, 6) is 0. The van der Waals surface area contributed by atoms with Crippen molar-refractivity contribution in [1.82, 2.24) is 0 Å². The van der Waals surface area contributed by atoms with Gasteiger partial charge in [-0.25, -0.2) is 0 Å². The van der Waals surface area contributed by atoms with Gasteiger partial charge in [0.15, 0.2) is 0 Å². The molecular weight excluding hydrogens is 448 g/mol. The van der Waals surface area contributed by atoms with Gasteiger partial charge in [-0.1, -0.05) is 65.8 Å². The van der Waals surface area contributed by atoms with Crippen LogP contribution in [0.25, 0.3) is 0 Å². The zero-order valence-electron chi connectivity index (χ0n) is 24.6. The molecule has 2 unspecified atom stereocenters. The molecule has 0 bridgehead atoms. The molecule has 2 rings (SSSR count). The van der Waals surface area contributed by atoms with Gasteiger partial charge in [0.25, 0.3) is 0 Å². The standard InChI is InChI=1S/C32H54O4/c1-29(2,22-33)16-10-12-23-18-30(3,4)20-25(27(23)34)14-15-26-21-31(5,6)19-24(28(26)35)13-11-17-32(7,8)36-9/h18-21,27-28,33-35H,10-17,22H2,1-9H3. The smallest absolute Gasteiger partial charge is 0.0961 e. The molecule has 2 aliphatic carbocycles. The summed E-state index contributed by atoms with van der Waals surface area (Å²) in [5, 5.41) is 32.0. The summed E-state index contributed by atoms with van der Waals surface area (Å²) in [7, 11) is 1.75. The van der Waals surface area contributed by atoms with Gasteiger partial charge in [0.05, 0.1) is 17.8 Å². The van der Waals surface area contributed by atoms with Crippen LogP contribution >= 0.6 is 0 Å². The number of hydrogen-bond acceptors (Lipinski definition) is 4. The van der Waals surface area contributed by atoms with Crippen molar-refractivity contribution < 1.29 is 20.1 Å². The Morgan fingerprint density at radius 1 is 0.694 bits per heavy atom. The third kappa shape index (κ3) is 9.28. The minimum atomic E-state index is -0.559. The first-order chi connectivity index (χ1) is 16.5. The molecule has 0 aliphatic heterocycles. The topological polar surface area (TPSA) is 69.9 Å². The Morgan fingerprint density at radius 2 is 1.06 bits per heavy atom. The van der Waals surface area contributed by atoms with Crippen LogP contribution < -0.4 is 0 Å². The van der Waals surface area contributed by atoms with E-state index in [0.717, 1.165) is 73.7 Å². The number of aliphatic hydroxyl groups is 3. The van der Waals surface area contributed by atoms with Crippen LogP contribution in [-0.4, -0.2) is 46.8 Å². The summed E-state index contributed by atoms with van der Waals surface area (Å²) < 4.78 is 5.56. The predicted molar refractivity (Wildman–Crippen MR) is 151 cm³/mol. The second kappa shape index (κ2) is 12.1. The highest BCUT2D eigenvalue weighted by molar-refractivity contribution is 5.37. The van der Waals surface area contributed by atoms with Crippen LogP contribution in [0.5, 0.6) is 0 Å². The van der Waals surface area contributed by atoms with Crippen LogP contribution in [0.3, 0.4) is 0 Å². The number of ether oxygens (including phenoxy) is 1. The van der Waals surface area contributed by atoms with Crippen LogP contribution in [-0.2, 0) is 4.74 Å². The Labute approximate surface area is 221 Å². The first kappa shape index (κ1) is 31.0. The van der Waals surface area contributed by atoms with Crippen molar-refractivity contribution in [3.63, 3.8) is 0 Å². The molecule has 0 saturated carbocycles. The molecule has 2 atom stereocenters. The van der Waals surface area contributed by atoms with E-state index in [1.165, 1.54) is 0 Å². The minimum Gasteiger partial charge on any atom is -0.396 e. The molecule has 0 saturated heterocycles. The summed E-state index contributed by atoms with van der Waals surface area (Å²) in [6.45, 7) is 17.3. The second-order valence-corrected chi connectivity index (χ2v) is 13.8. The van der Waals surface area contributed by atoms with Gasteiger partial charge in [-0.15, -0.1) is 0 Å². The highest BCUT2D eigenvalue weighted by Crippen LogP contribution is 2.40. The van der Waals surface area contributed by atoms with Gasteiger partial charge in [0.1, 0.15) is 0 Å². The fourth-order valence-electron chi connectivity index (χ4n) is 5.58. The van der Waals surface area contributed by atoms with Gasteiger partial charge in [-0.3, -0.25) is 0 Å². The maximum absolute atomic E-state index is 11.2. The van der Waals surface area contributed by atoms with Crippen molar-refractivity contribution in [3.8, 4) is 0 Å². The lowest BCUT2D eigenvalue weighted by Crippen LogP contribution is -2.27. The number of aliphatic hydroxyl groups excluding tert-OH is 3. The lowest BCUT2D eigenvalue weighted by Gasteiger charge is -2.33. The Balaban J connectivity index is 2.05. The van der Waals surface area contributed by atoms with Gasteiger partial charge in [-0.2, -0.15) is 0 Å². The Bertz CT molecular complexity index is 795. The molecule has 0 heterocycles. The van der Waals surface area contributed by atoms with Crippen LogP contribution in [0, 0.1) is 16.2 Å². The molecular formula is C32H54O4. The molecule has 0 aromatic carbocycles. The van der Waals surface area contributed by atoms with Crippen molar-refractivity contribution >= 4 is 0 Å². The van der Waals surface area contributed by atoms with Crippen molar-refractivity contribution in [1.29, 1.82) is 0 Å². The summed E-state index contributed by atoms with van der Waals surface area (Å²) in [6.07, 6.45) is 14.8. The first-order valence-electron chi connectivity index (χ1n) is 13.9. The number of hydrogen-bond donors (Lipinski definition) is 3. The molecule has 0 spiro atoms. The van der Waals surface area contributed by atoms with E-state index in [9.17, 15) is 15.3 Å². The molecule has 36 heavy (non-hydrogen) atoms. The van der Waals surface area contributed by atoms with Gasteiger partial charge < -0.3 is 20.1 Å². The molecule has 3 N–H and O–H groups in total. The molecule has 4 heteroatoms. The Kier molecular flexibility index (Phi) is 10.4. The van der Waals surface area contributed by atoms with Crippen LogP contribution in [0.1, 0.15) is 107 Å². The monoisotopic (exact) mass is 502 g/mol. The molecule has 0 radical (unpaired) electrons. The maximum atomic E-state index is 11.2. The summed E-state index contributed by atoms with van der Waals surface area (Å²) in [5.41, 5.74) is 3.89. The fourth-order valence-corrected chi connectivity index (χ4v) is 5.58. The second-order valence-electron chi connectivity index (χ2n) is 13.8. The van der Waals surface area contributed by atoms with Gasteiger partial charge in [0, 0.05) is 24.5 Å². The summed E-state index contributed by atoms with van der Waals surface area (Å²) in [4.78, 5) is 0. The SMILES string of the molecule is COC(C)(C)CCCC1=CC(C)(C)C=C(CCC2=CC(C)(C)C=C(CCCC(C)(C)CO)C2O)C1O. The first-order valence-corrected chi connectivity index (χ1v) is 13.9. The van der Waals surface area contributed by atoms with Crippen molar-refractivity contribution in [3.05, 3.63) is 46.6 Å². The normalized spacial score (nSPS) is 24.1. The van der Waals surface area contributed by atoms with Crippen LogP contribution in [0.2, 0.25) is 0 Å². The maximum Gasteiger partial charge on any atom is 0.0961 e. The van der Waals surface area contributed by atoms with E-state index in [1.807, 2.05) is 0 Å². The molecule has 4 nitrogen and oxygen atoms in total. The minimum absolute atomic E-state index is 0.0880. The molecule has 0 aromatic heterocycles. The van der Waals surface area contributed by atoms with E-state index in [2.05, 4.69) is 79.7 Å². The quantitative estimate of drug-likeness (QED) is 0.236. The van der Waals surface area contributed by atoms with Gasteiger partial charge >= 0.3 is 0 Å². The van der Waals surface area contributed by atoms with Crippen LogP contribution in [0.15, 0.2) is 46.6 Å². The van der Waals surface area contributed by atoms with E-state index < -0.39 is 12.2 Å². The van der Waals surface area contributed by atoms with Gasteiger partial charge in [0.2, 0.25) is 0 Å². The van der Waals surface area contributed by atoms with Crippen LogP contribution in [0.4, 0.5) is 0 Å². The van der Waals surface area contributed by atoms with E-state index >= 15 is 0 Å². The molecule has 2 aliphatic rings. The molecule has 206 valence electrons. The Morgan fingerprint density at radius 3 is 1.42 bits per heavy atom. The molecule has 0 aromatic rings. The van der Waals surface area contributed by atoms with Gasteiger partial charge in [-0.05, 0) is 92.9 Å². The molecule has 0 fully saturated rings. The third-order valence-corrected chi connectivity index (χ3v) is 7.88. The van der Waals surface area contributed by atoms with Crippen molar-refractivity contribution in [2.75, 3.05) is 13.7 Å². The largest absolute Gasteiger partial charge is 0.396 e.